The van der Waals surface area contributed by atoms with Gasteiger partial charge in [-0.3, -0.25) is 0 Å². The van der Waals surface area contributed by atoms with Crippen LogP contribution in [0.5, 0.6) is 5.75 Å². The molecule has 1 N–H and O–H groups in total. The zero-order chi connectivity index (χ0) is 14.9. The fourth-order valence-corrected chi connectivity index (χ4v) is 2.98. The SMILES string of the molecule is CC(C)(C)c1cccc(-n2n3c4ccc(Cl)cc4n23)c1O. The molecule has 0 unspecified atom stereocenters. The zero-order valence-electron chi connectivity index (χ0n) is 12.1. The quantitative estimate of drug-likeness (QED) is 0.565. The number of halogens is 1. The molecule has 0 fully saturated rings. The Bertz CT molecular complexity index is 952. The predicted octanol–water partition coefficient (Wildman–Crippen LogP) is 4.08. The zero-order valence-corrected chi connectivity index (χ0v) is 12.9. The topological polar surface area (TPSA) is 34.0 Å². The van der Waals surface area contributed by atoms with Crippen molar-refractivity contribution < 1.29 is 5.11 Å². The summed E-state index contributed by atoms with van der Waals surface area (Å²) in [6.07, 6.45) is 0. The first kappa shape index (κ1) is 12.7. The van der Waals surface area contributed by atoms with Gasteiger partial charge in [-0.1, -0.05) is 44.5 Å². The summed E-state index contributed by atoms with van der Waals surface area (Å²) < 4.78 is 4.00. The van der Waals surface area contributed by atoms with Crippen molar-refractivity contribution in [1.82, 2.24) is 14.1 Å². The number of benzene rings is 2. The molecule has 4 aromatic rings. The van der Waals surface area contributed by atoms with Crippen molar-refractivity contribution in [1.29, 1.82) is 0 Å². The van der Waals surface area contributed by atoms with Crippen molar-refractivity contribution >= 4 is 22.6 Å². The molecule has 2 aromatic heterocycles. The average Bonchev–Trinajstić information content (AvgIpc) is 3.04. The summed E-state index contributed by atoms with van der Waals surface area (Å²) in [5, 5.41) is 11.3. The van der Waals surface area contributed by atoms with E-state index in [1.165, 1.54) is 0 Å². The third kappa shape index (κ3) is 1.62. The Labute approximate surface area is 127 Å². The second-order valence-electron chi connectivity index (χ2n) is 6.42. The van der Waals surface area contributed by atoms with Crippen LogP contribution in [0.25, 0.3) is 16.7 Å². The molecule has 0 bridgehead atoms. The average molecular weight is 302 g/mol. The lowest BCUT2D eigenvalue weighted by Gasteiger charge is -2.20. The van der Waals surface area contributed by atoms with Gasteiger partial charge in [0.2, 0.25) is 0 Å². The Hall–Kier alpha value is -2.07. The summed E-state index contributed by atoms with van der Waals surface area (Å²) >= 11 is 6.03. The fraction of sp³-hybridized carbons (Fsp3) is 0.250. The molecule has 0 aliphatic heterocycles. The number of hydrogen-bond acceptors (Lipinski definition) is 1. The number of nitrogens with zero attached hydrogens (tertiary/aromatic N) is 3. The van der Waals surface area contributed by atoms with E-state index in [2.05, 4.69) is 20.8 Å². The number of fused-ring (bicyclic) bond motifs is 4. The fourth-order valence-electron chi connectivity index (χ4n) is 2.82. The molecule has 0 saturated carbocycles. The van der Waals surface area contributed by atoms with Crippen LogP contribution < -0.4 is 0 Å². The molecule has 2 aromatic carbocycles. The summed E-state index contributed by atoms with van der Waals surface area (Å²) in [6, 6.07) is 11.7. The molecule has 0 aliphatic carbocycles. The van der Waals surface area contributed by atoms with Crippen molar-refractivity contribution in [2.75, 3.05) is 0 Å². The third-order valence-corrected chi connectivity index (χ3v) is 4.15. The molecule has 0 spiro atoms. The van der Waals surface area contributed by atoms with Crippen LogP contribution >= 0.6 is 11.6 Å². The first-order valence-corrected chi connectivity index (χ1v) is 7.29. The van der Waals surface area contributed by atoms with E-state index in [4.69, 9.17) is 11.6 Å². The molecule has 2 heterocycles. The van der Waals surface area contributed by atoms with E-state index >= 15 is 0 Å². The Morgan fingerprint density at radius 1 is 1.00 bits per heavy atom. The summed E-state index contributed by atoms with van der Waals surface area (Å²) in [4.78, 5) is 1.95. The molecular weight excluding hydrogens is 286 g/mol. The Morgan fingerprint density at radius 3 is 2.43 bits per heavy atom. The minimum atomic E-state index is -0.101. The van der Waals surface area contributed by atoms with Crippen LogP contribution in [0.15, 0.2) is 36.4 Å². The van der Waals surface area contributed by atoms with Gasteiger partial charge in [0.15, 0.2) is 0 Å². The van der Waals surface area contributed by atoms with Gasteiger partial charge in [0, 0.05) is 10.6 Å². The standard InChI is InChI=1S/C16H16ClN3O/c1-16(2,3)11-5-4-6-13(15(11)21)19-18-12-8-7-10(17)9-14(12)20(18)19/h4-9,21H,1-3H3. The van der Waals surface area contributed by atoms with Gasteiger partial charge in [-0.15, -0.1) is 14.1 Å². The highest BCUT2D eigenvalue weighted by Gasteiger charge is 2.28. The Balaban J connectivity index is 1.92. The smallest absolute Gasteiger partial charge is 0.146 e. The molecule has 108 valence electrons. The van der Waals surface area contributed by atoms with Gasteiger partial charge in [-0.2, -0.15) is 0 Å². The van der Waals surface area contributed by atoms with E-state index in [1.807, 2.05) is 50.5 Å². The predicted molar refractivity (Wildman–Crippen MR) is 84.2 cm³/mol. The maximum Gasteiger partial charge on any atom is 0.146 e. The van der Waals surface area contributed by atoms with Crippen molar-refractivity contribution in [3.8, 4) is 11.4 Å². The minimum absolute atomic E-state index is 0.101. The minimum Gasteiger partial charge on any atom is -0.505 e. The molecule has 21 heavy (non-hydrogen) atoms. The van der Waals surface area contributed by atoms with E-state index in [9.17, 15) is 5.11 Å². The third-order valence-electron chi connectivity index (χ3n) is 3.91. The number of hydrogen-bond donors (Lipinski definition) is 1. The van der Waals surface area contributed by atoms with Crippen LogP contribution in [0, 0.1) is 0 Å². The highest BCUT2D eigenvalue weighted by atomic mass is 35.5. The molecule has 0 atom stereocenters. The van der Waals surface area contributed by atoms with E-state index in [1.54, 1.807) is 0 Å². The number of para-hydroxylation sites is 1. The summed E-state index contributed by atoms with van der Waals surface area (Å²) in [7, 11) is 0. The van der Waals surface area contributed by atoms with Crippen molar-refractivity contribution in [2.45, 2.75) is 26.2 Å². The summed E-state index contributed by atoms with van der Waals surface area (Å²) in [6.45, 7) is 6.29. The van der Waals surface area contributed by atoms with E-state index in [0.717, 1.165) is 22.3 Å². The maximum atomic E-state index is 10.6. The Kier molecular flexibility index (Phi) is 2.27. The monoisotopic (exact) mass is 301 g/mol. The molecule has 5 heteroatoms. The van der Waals surface area contributed by atoms with Crippen molar-refractivity contribution in [3.05, 3.63) is 47.0 Å². The van der Waals surface area contributed by atoms with Gasteiger partial charge in [0.05, 0.1) is 0 Å². The summed E-state index contributed by atoms with van der Waals surface area (Å²) in [5.74, 6) is 0.330. The molecule has 0 aliphatic rings. The van der Waals surface area contributed by atoms with Gasteiger partial charge < -0.3 is 5.11 Å². The Morgan fingerprint density at radius 2 is 1.71 bits per heavy atom. The van der Waals surface area contributed by atoms with Gasteiger partial charge in [0.1, 0.15) is 22.5 Å². The van der Waals surface area contributed by atoms with Crippen LogP contribution in [0.2, 0.25) is 5.02 Å². The van der Waals surface area contributed by atoms with E-state index < -0.39 is 0 Å². The van der Waals surface area contributed by atoms with Gasteiger partial charge in [-0.25, -0.2) is 0 Å². The summed E-state index contributed by atoms with van der Waals surface area (Å²) in [5.41, 5.74) is 3.78. The second kappa shape index (κ2) is 3.77. The molecule has 0 amide bonds. The van der Waals surface area contributed by atoms with Crippen molar-refractivity contribution in [3.63, 3.8) is 0 Å². The largest absolute Gasteiger partial charge is 0.505 e. The molecule has 0 radical (unpaired) electrons. The number of rotatable bonds is 1. The number of phenolic OH excluding ortho intramolecular Hbond substituents is 1. The second-order valence-corrected chi connectivity index (χ2v) is 6.86. The molecular formula is C16H16ClN3O. The molecule has 4 rings (SSSR count). The molecule has 4 nitrogen and oxygen atoms in total. The maximum absolute atomic E-state index is 10.6. The van der Waals surface area contributed by atoms with Crippen LogP contribution in [-0.4, -0.2) is 19.2 Å². The van der Waals surface area contributed by atoms with Gasteiger partial charge in [-0.05, 0) is 29.7 Å². The molecule has 0 saturated heterocycles. The van der Waals surface area contributed by atoms with Crippen LogP contribution in [0.1, 0.15) is 26.3 Å². The van der Waals surface area contributed by atoms with Gasteiger partial charge >= 0.3 is 0 Å². The lowest BCUT2D eigenvalue weighted by molar-refractivity contribution is 0.444. The first-order valence-electron chi connectivity index (χ1n) is 6.92. The highest BCUT2D eigenvalue weighted by molar-refractivity contribution is 6.31. The lowest BCUT2D eigenvalue weighted by atomic mass is 9.86. The van der Waals surface area contributed by atoms with Crippen molar-refractivity contribution in [2.24, 2.45) is 0 Å². The first-order chi connectivity index (χ1) is 9.89. The van der Waals surface area contributed by atoms with E-state index in [-0.39, 0.29) is 5.41 Å². The van der Waals surface area contributed by atoms with E-state index in [0.29, 0.717) is 10.8 Å². The van der Waals surface area contributed by atoms with Crippen LogP contribution in [-0.2, 0) is 5.41 Å². The number of aromatic nitrogens is 3. The normalized spacial score (nSPS) is 13.0. The van der Waals surface area contributed by atoms with Gasteiger partial charge in [0.25, 0.3) is 0 Å². The number of aromatic hydroxyl groups is 1. The highest BCUT2D eigenvalue weighted by Crippen LogP contribution is 2.37. The lowest BCUT2D eigenvalue weighted by Crippen LogP contribution is -2.11. The van der Waals surface area contributed by atoms with Crippen LogP contribution in [0.4, 0.5) is 0 Å². The van der Waals surface area contributed by atoms with Crippen LogP contribution in [0.3, 0.4) is 0 Å². The number of phenols is 1.